The summed E-state index contributed by atoms with van der Waals surface area (Å²) in [6, 6.07) is 19.0. The number of ether oxygens (including phenoxy) is 3. The fraction of sp³-hybridized carbons (Fsp3) is 0.357. The molecule has 3 atom stereocenters. The van der Waals surface area contributed by atoms with E-state index >= 15 is 0 Å². The van der Waals surface area contributed by atoms with Crippen molar-refractivity contribution >= 4 is 63.1 Å². The highest BCUT2D eigenvalue weighted by molar-refractivity contribution is 7.86. The standard InChI is InChI=1S/C25H31N5O6.C17H17N3O7S/c1-3-34-24(32)17(2)29-12-10-28(11-13-29)15-20-16-30(25(33)36-20)19-8-6-18(7-9-19)22(26)27-23(31)21-5-4-14-35-21;1-28(23,24)26-10-13-9-20(17(22)27-13)12-6-4-11(5-7-12)15(18)19-16(21)14-3-2-8-25-14/h4-9,14,17,20H,3,10-13,15-16H2,1-2H3,(H2,26,27,31);2-8,13H,9-10H2,1H3,(H2,18,19,21). The third-order valence-corrected chi connectivity index (χ3v) is 10.7. The number of cyclic esters (lactones) is 2. The smallest absolute Gasteiger partial charge is 0.414 e. The van der Waals surface area contributed by atoms with E-state index < -0.39 is 40.2 Å². The Labute approximate surface area is 368 Å². The number of anilines is 2. The third-order valence-electron chi connectivity index (χ3n) is 10.2. The van der Waals surface area contributed by atoms with Gasteiger partial charge >= 0.3 is 18.2 Å². The van der Waals surface area contributed by atoms with Crippen LogP contribution in [0.15, 0.2) is 94.2 Å². The Hall–Kier alpha value is -6.88. The first-order chi connectivity index (χ1) is 30.6. The zero-order valence-electron chi connectivity index (χ0n) is 35.2. The summed E-state index contributed by atoms with van der Waals surface area (Å²) in [6.45, 7) is 7.99. The summed E-state index contributed by atoms with van der Waals surface area (Å²) in [6.07, 6.45) is 1.64. The Morgan fingerprint density at radius 3 is 1.66 bits per heavy atom. The van der Waals surface area contributed by atoms with E-state index in [1.807, 2.05) is 6.92 Å². The van der Waals surface area contributed by atoms with Crippen molar-refractivity contribution in [2.24, 2.45) is 0 Å². The zero-order chi connectivity index (χ0) is 46.0. The van der Waals surface area contributed by atoms with Gasteiger partial charge in [0, 0.05) is 55.2 Å². The van der Waals surface area contributed by atoms with Gasteiger partial charge in [-0.05, 0) is 86.6 Å². The van der Waals surface area contributed by atoms with Crippen molar-refractivity contribution in [1.29, 1.82) is 10.8 Å². The molecule has 0 radical (unpaired) electrons. The van der Waals surface area contributed by atoms with Gasteiger partial charge in [-0.2, -0.15) is 8.42 Å². The van der Waals surface area contributed by atoms with Crippen LogP contribution < -0.4 is 20.4 Å². The number of nitrogens with zero attached hydrogens (tertiary/aromatic N) is 4. The molecule has 7 rings (SSSR count). The lowest BCUT2D eigenvalue weighted by Gasteiger charge is -2.37. The molecule has 0 bridgehead atoms. The maximum atomic E-state index is 12.5. The van der Waals surface area contributed by atoms with E-state index in [4.69, 9.17) is 33.9 Å². The van der Waals surface area contributed by atoms with Crippen LogP contribution in [-0.4, -0.2) is 143 Å². The summed E-state index contributed by atoms with van der Waals surface area (Å²) in [4.78, 5) is 67.7. The number of benzene rings is 2. The molecule has 64 heavy (non-hydrogen) atoms. The first-order valence-corrected chi connectivity index (χ1v) is 21.9. The van der Waals surface area contributed by atoms with Crippen molar-refractivity contribution in [2.45, 2.75) is 32.1 Å². The van der Waals surface area contributed by atoms with Crippen LogP contribution in [0, 0.1) is 10.8 Å². The van der Waals surface area contributed by atoms with E-state index in [9.17, 15) is 32.4 Å². The molecule has 5 heterocycles. The molecule has 2 aromatic heterocycles. The molecule has 4 N–H and O–H groups in total. The lowest BCUT2D eigenvalue weighted by atomic mass is 10.1. The molecule has 3 saturated heterocycles. The highest BCUT2D eigenvalue weighted by Gasteiger charge is 2.36. The highest BCUT2D eigenvalue weighted by atomic mass is 32.2. The van der Waals surface area contributed by atoms with Gasteiger partial charge in [0.1, 0.15) is 36.5 Å². The molecule has 0 aliphatic carbocycles. The molecule has 21 nitrogen and oxygen atoms in total. The predicted molar refractivity (Wildman–Crippen MR) is 229 cm³/mol. The molecule has 3 unspecified atom stereocenters. The molecule has 3 fully saturated rings. The molecular formula is C42H48N8O13S. The first kappa shape index (κ1) is 46.6. The summed E-state index contributed by atoms with van der Waals surface area (Å²) in [5.74, 6) is -1.24. The summed E-state index contributed by atoms with van der Waals surface area (Å²) in [7, 11) is -3.63. The van der Waals surface area contributed by atoms with E-state index in [1.54, 1.807) is 72.5 Å². The van der Waals surface area contributed by atoms with Gasteiger partial charge < -0.3 is 33.7 Å². The lowest BCUT2D eigenvalue weighted by Crippen LogP contribution is -2.53. The minimum Gasteiger partial charge on any atom is -0.465 e. The van der Waals surface area contributed by atoms with Gasteiger partial charge in [-0.15, -0.1) is 0 Å². The molecule has 3 aliphatic rings. The normalized spacial score (nSPS) is 18.3. The van der Waals surface area contributed by atoms with E-state index in [0.717, 1.165) is 32.4 Å². The largest absolute Gasteiger partial charge is 0.465 e. The number of hydrogen-bond acceptors (Lipinski definition) is 17. The maximum Gasteiger partial charge on any atom is 0.414 e. The highest BCUT2D eigenvalue weighted by Crippen LogP contribution is 2.25. The van der Waals surface area contributed by atoms with Crippen molar-refractivity contribution in [3.8, 4) is 0 Å². The lowest BCUT2D eigenvalue weighted by molar-refractivity contribution is -0.149. The molecule has 4 aromatic rings. The number of nitrogens with one attached hydrogen (secondary N) is 4. The van der Waals surface area contributed by atoms with Crippen molar-refractivity contribution in [3.63, 3.8) is 0 Å². The Kier molecular flexibility index (Phi) is 15.3. The number of carbonyl (C=O) groups excluding carboxylic acids is 5. The van der Waals surface area contributed by atoms with Crippen molar-refractivity contribution in [2.75, 3.05) is 75.1 Å². The fourth-order valence-corrected chi connectivity index (χ4v) is 7.20. The van der Waals surface area contributed by atoms with Crippen LogP contribution >= 0.6 is 0 Å². The molecule has 340 valence electrons. The monoisotopic (exact) mass is 904 g/mol. The third kappa shape index (κ3) is 12.4. The number of esters is 1. The second-order valence-corrected chi connectivity index (χ2v) is 16.3. The van der Waals surface area contributed by atoms with Crippen LogP contribution in [0.4, 0.5) is 21.0 Å². The first-order valence-electron chi connectivity index (χ1n) is 20.1. The quantitative estimate of drug-likeness (QED) is 0.0465. The summed E-state index contributed by atoms with van der Waals surface area (Å²) in [5, 5.41) is 21.0. The topological polar surface area (TPSA) is 267 Å². The zero-order valence-corrected chi connectivity index (χ0v) is 36.0. The average molecular weight is 905 g/mol. The number of amides is 4. The van der Waals surface area contributed by atoms with Crippen molar-refractivity contribution in [3.05, 3.63) is 108 Å². The van der Waals surface area contributed by atoms with Crippen LogP contribution in [0.1, 0.15) is 46.1 Å². The fourth-order valence-electron chi connectivity index (χ4n) is 6.81. The average Bonchev–Trinajstić information content (AvgIpc) is 4.12. The molecule has 0 spiro atoms. The Bertz CT molecular complexity index is 2400. The minimum atomic E-state index is -3.63. The van der Waals surface area contributed by atoms with E-state index in [0.29, 0.717) is 42.2 Å². The van der Waals surface area contributed by atoms with Crippen molar-refractivity contribution < 1.29 is 59.6 Å². The minimum absolute atomic E-state index is 0.0683. The second-order valence-electron chi connectivity index (χ2n) is 14.7. The molecule has 22 heteroatoms. The molecular weight excluding hydrogens is 857 g/mol. The summed E-state index contributed by atoms with van der Waals surface area (Å²) in [5.41, 5.74) is 2.08. The second kappa shape index (κ2) is 21.0. The Balaban J connectivity index is 0.000000219. The molecule has 0 saturated carbocycles. The number of carbonyl (C=O) groups is 5. The van der Waals surface area contributed by atoms with E-state index in [1.165, 1.54) is 29.6 Å². The molecule has 2 aromatic carbocycles. The Morgan fingerprint density at radius 2 is 1.22 bits per heavy atom. The van der Waals surface area contributed by atoms with Gasteiger partial charge in [-0.25, -0.2) is 9.59 Å². The number of piperazine rings is 1. The van der Waals surface area contributed by atoms with Gasteiger partial charge in [0.2, 0.25) is 0 Å². The van der Waals surface area contributed by atoms with E-state index in [-0.39, 0.29) is 54.5 Å². The number of hydrogen-bond donors (Lipinski definition) is 4. The van der Waals surface area contributed by atoms with Gasteiger partial charge in [0.15, 0.2) is 11.5 Å². The van der Waals surface area contributed by atoms with Crippen LogP contribution in [0.5, 0.6) is 0 Å². The van der Waals surface area contributed by atoms with Crippen LogP contribution in [0.3, 0.4) is 0 Å². The van der Waals surface area contributed by atoms with Gasteiger partial charge in [-0.1, -0.05) is 0 Å². The van der Waals surface area contributed by atoms with Crippen molar-refractivity contribution in [1.82, 2.24) is 20.4 Å². The molecule has 4 amide bonds. The van der Waals surface area contributed by atoms with Gasteiger partial charge in [0.25, 0.3) is 21.9 Å². The van der Waals surface area contributed by atoms with E-state index in [2.05, 4.69) is 24.6 Å². The van der Waals surface area contributed by atoms with Crippen LogP contribution in [0.25, 0.3) is 0 Å². The van der Waals surface area contributed by atoms with Crippen LogP contribution in [-0.2, 0) is 33.3 Å². The number of furan rings is 2. The SMILES string of the molecule is CCOC(=O)C(C)N1CCN(CC2CN(c3ccc(C(=N)NC(=O)c4ccco4)cc3)C(=O)O2)CC1.CS(=O)(=O)OCC1CN(c2ccc(C(=N)NC(=O)c3ccco3)cc2)C(=O)O1. The van der Waals surface area contributed by atoms with Gasteiger partial charge in [0.05, 0.1) is 38.5 Å². The van der Waals surface area contributed by atoms with Gasteiger partial charge in [-0.3, -0.25) is 49.0 Å². The number of amidine groups is 2. The summed E-state index contributed by atoms with van der Waals surface area (Å²) >= 11 is 0. The maximum absolute atomic E-state index is 12.5. The predicted octanol–water partition coefficient (Wildman–Crippen LogP) is 3.27. The molecule has 3 aliphatic heterocycles. The Morgan fingerprint density at radius 1 is 0.750 bits per heavy atom. The summed E-state index contributed by atoms with van der Waals surface area (Å²) < 4.78 is 52.5. The van der Waals surface area contributed by atoms with Crippen LogP contribution in [0.2, 0.25) is 0 Å². The number of rotatable bonds is 14.